The molecule has 0 bridgehead atoms. The molecular weight excluding hydrogens is 250 g/mol. The van der Waals surface area contributed by atoms with Gasteiger partial charge in [-0.15, -0.1) is 0 Å². The second-order valence-corrected chi connectivity index (χ2v) is 6.12. The molecule has 2 aromatic rings. The molecule has 2 rings (SSSR count). The first kappa shape index (κ1) is 14.3. The predicted molar refractivity (Wildman–Crippen MR) is 81.2 cm³/mol. The number of aromatic amines is 1. The summed E-state index contributed by atoms with van der Waals surface area (Å²) < 4.78 is 0. The number of rotatable bonds is 2. The average Bonchev–Trinajstić information content (AvgIpc) is 2.81. The first-order valence-corrected chi connectivity index (χ1v) is 6.72. The highest BCUT2D eigenvalue weighted by atomic mass is 16.1. The minimum atomic E-state index is -0.127. The Morgan fingerprint density at radius 2 is 1.95 bits per heavy atom. The second-order valence-electron chi connectivity index (χ2n) is 6.12. The number of hydrogen-bond acceptors (Lipinski definition) is 2. The standard InChI is InChI=1S/C16H21N3O/c1-10-7-6-8-12(11(10)2)15(20)17-14-9-13(18-19-14)16(3,4)5/h6-9H,1-5H3,(H2,17,18,19,20). The molecule has 0 aliphatic rings. The molecule has 0 fully saturated rings. The average molecular weight is 271 g/mol. The van der Waals surface area contributed by atoms with Gasteiger partial charge in [0, 0.05) is 22.7 Å². The minimum absolute atomic E-state index is 0.0186. The Bertz CT molecular complexity index is 635. The van der Waals surface area contributed by atoms with Crippen LogP contribution >= 0.6 is 0 Å². The Hall–Kier alpha value is -2.10. The van der Waals surface area contributed by atoms with E-state index < -0.39 is 0 Å². The van der Waals surface area contributed by atoms with Crippen LogP contribution in [0.1, 0.15) is 48.0 Å². The lowest BCUT2D eigenvalue weighted by molar-refractivity contribution is 0.102. The van der Waals surface area contributed by atoms with Gasteiger partial charge in [0.1, 0.15) is 0 Å². The van der Waals surface area contributed by atoms with Gasteiger partial charge in [0.15, 0.2) is 5.82 Å². The number of carbonyl (C=O) groups is 1. The van der Waals surface area contributed by atoms with Crippen LogP contribution in [0, 0.1) is 13.8 Å². The molecular formula is C16H21N3O. The first-order valence-electron chi connectivity index (χ1n) is 6.72. The number of carbonyl (C=O) groups excluding carboxylic acids is 1. The number of aryl methyl sites for hydroxylation is 1. The summed E-state index contributed by atoms with van der Waals surface area (Å²) in [4.78, 5) is 12.3. The molecule has 0 radical (unpaired) electrons. The maximum Gasteiger partial charge on any atom is 0.257 e. The van der Waals surface area contributed by atoms with Crippen LogP contribution in [0.4, 0.5) is 5.82 Å². The van der Waals surface area contributed by atoms with E-state index in [1.807, 2.05) is 38.1 Å². The van der Waals surface area contributed by atoms with Crippen molar-refractivity contribution >= 4 is 11.7 Å². The predicted octanol–water partition coefficient (Wildman–Crippen LogP) is 3.58. The largest absolute Gasteiger partial charge is 0.305 e. The third-order valence-electron chi connectivity index (χ3n) is 3.48. The number of amides is 1. The maximum atomic E-state index is 12.3. The lowest BCUT2D eigenvalue weighted by atomic mass is 9.92. The van der Waals surface area contributed by atoms with E-state index in [1.54, 1.807) is 0 Å². The zero-order valence-corrected chi connectivity index (χ0v) is 12.7. The maximum absolute atomic E-state index is 12.3. The van der Waals surface area contributed by atoms with Crippen molar-refractivity contribution in [2.24, 2.45) is 0 Å². The van der Waals surface area contributed by atoms with Crippen molar-refractivity contribution in [3.05, 3.63) is 46.6 Å². The number of H-pyrrole nitrogens is 1. The van der Waals surface area contributed by atoms with Crippen LogP contribution in [0.15, 0.2) is 24.3 Å². The fourth-order valence-electron chi connectivity index (χ4n) is 1.95. The van der Waals surface area contributed by atoms with Crippen LogP contribution in [0.2, 0.25) is 0 Å². The molecule has 0 saturated carbocycles. The number of nitrogens with one attached hydrogen (secondary N) is 2. The zero-order chi connectivity index (χ0) is 14.9. The summed E-state index contributed by atoms with van der Waals surface area (Å²) >= 11 is 0. The van der Waals surface area contributed by atoms with Crippen molar-refractivity contribution < 1.29 is 4.79 Å². The third-order valence-corrected chi connectivity index (χ3v) is 3.48. The van der Waals surface area contributed by atoms with Gasteiger partial charge in [0.05, 0.1) is 0 Å². The Labute approximate surface area is 119 Å². The Kier molecular flexibility index (Phi) is 3.66. The fraction of sp³-hybridized carbons (Fsp3) is 0.375. The van der Waals surface area contributed by atoms with E-state index in [0.717, 1.165) is 16.8 Å². The van der Waals surface area contributed by atoms with Crippen molar-refractivity contribution in [3.8, 4) is 0 Å². The van der Waals surface area contributed by atoms with Crippen molar-refractivity contribution in [1.29, 1.82) is 0 Å². The molecule has 4 heteroatoms. The summed E-state index contributed by atoms with van der Waals surface area (Å²) in [6.07, 6.45) is 0. The lowest BCUT2D eigenvalue weighted by Gasteiger charge is -2.14. The van der Waals surface area contributed by atoms with E-state index in [-0.39, 0.29) is 11.3 Å². The lowest BCUT2D eigenvalue weighted by Crippen LogP contribution is -2.14. The topological polar surface area (TPSA) is 57.8 Å². The van der Waals surface area contributed by atoms with Crippen LogP contribution in [0.25, 0.3) is 0 Å². The highest BCUT2D eigenvalue weighted by Crippen LogP contribution is 2.22. The molecule has 0 aliphatic heterocycles. The normalized spacial score (nSPS) is 11.4. The van der Waals surface area contributed by atoms with E-state index in [2.05, 4.69) is 36.3 Å². The van der Waals surface area contributed by atoms with Crippen LogP contribution in [-0.4, -0.2) is 16.1 Å². The van der Waals surface area contributed by atoms with Crippen molar-refractivity contribution in [2.45, 2.75) is 40.0 Å². The molecule has 2 N–H and O–H groups in total. The van der Waals surface area contributed by atoms with Gasteiger partial charge in [-0.25, -0.2) is 0 Å². The smallest absolute Gasteiger partial charge is 0.257 e. The highest BCUT2D eigenvalue weighted by molar-refractivity contribution is 6.05. The molecule has 4 nitrogen and oxygen atoms in total. The molecule has 0 unspecified atom stereocenters. The minimum Gasteiger partial charge on any atom is -0.305 e. The monoisotopic (exact) mass is 271 g/mol. The molecule has 1 aromatic heterocycles. The number of benzene rings is 1. The molecule has 0 saturated heterocycles. The first-order chi connectivity index (χ1) is 9.29. The van der Waals surface area contributed by atoms with E-state index in [0.29, 0.717) is 11.4 Å². The summed E-state index contributed by atoms with van der Waals surface area (Å²) in [5.41, 5.74) is 3.76. The van der Waals surface area contributed by atoms with Gasteiger partial charge in [-0.3, -0.25) is 9.89 Å². The van der Waals surface area contributed by atoms with Gasteiger partial charge in [-0.05, 0) is 31.0 Å². The molecule has 0 spiro atoms. The van der Waals surface area contributed by atoms with Gasteiger partial charge in [0.25, 0.3) is 5.91 Å². The Morgan fingerprint density at radius 1 is 1.25 bits per heavy atom. The Morgan fingerprint density at radius 3 is 2.55 bits per heavy atom. The molecule has 20 heavy (non-hydrogen) atoms. The van der Waals surface area contributed by atoms with Crippen LogP contribution in [0.5, 0.6) is 0 Å². The van der Waals surface area contributed by atoms with Gasteiger partial charge in [0.2, 0.25) is 0 Å². The molecule has 1 aromatic carbocycles. The summed E-state index contributed by atoms with van der Waals surface area (Å²) in [5, 5.41) is 9.94. The van der Waals surface area contributed by atoms with Crippen LogP contribution in [0.3, 0.4) is 0 Å². The number of hydrogen-bond donors (Lipinski definition) is 2. The van der Waals surface area contributed by atoms with Crippen LogP contribution in [-0.2, 0) is 5.41 Å². The number of nitrogens with zero attached hydrogens (tertiary/aromatic N) is 1. The SMILES string of the molecule is Cc1cccc(C(=O)Nc2cc(C(C)(C)C)[nH]n2)c1C. The van der Waals surface area contributed by atoms with Gasteiger partial charge >= 0.3 is 0 Å². The summed E-state index contributed by atoms with van der Waals surface area (Å²) in [7, 11) is 0. The molecule has 106 valence electrons. The van der Waals surface area contributed by atoms with E-state index in [9.17, 15) is 4.79 Å². The van der Waals surface area contributed by atoms with Gasteiger partial charge < -0.3 is 5.32 Å². The van der Waals surface area contributed by atoms with Crippen molar-refractivity contribution in [2.75, 3.05) is 5.32 Å². The molecule has 1 amide bonds. The summed E-state index contributed by atoms with van der Waals surface area (Å²) in [6.45, 7) is 10.2. The van der Waals surface area contributed by atoms with Crippen molar-refractivity contribution in [3.63, 3.8) is 0 Å². The van der Waals surface area contributed by atoms with Crippen molar-refractivity contribution in [1.82, 2.24) is 10.2 Å². The summed E-state index contributed by atoms with van der Waals surface area (Å²) in [5.74, 6) is 0.430. The van der Waals surface area contributed by atoms with E-state index in [1.165, 1.54) is 0 Å². The van der Waals surface area contributed by atoms with Crippen LogP contribution < -0.4 is 5.32 Å². The Balaban J connectivity index is 2.20. The number of anilines is 1. The van der Waals surface area contributed by atoms with E-state index >= 15 is 0 Å². The highest BCUT2D eigenvalue weighted by Gasteiger charge is 2.18. The molecule has 1 heterocycles. The molecule has 0 atom stereocenters. The quantitative estimate of drug-likeness (QED) is 0.877. The van der Waals surface area contributed by atoms with Gasteiger partial charge in [-0.2, -0.15) is 5.10 Å². The van der Waals surface area contributed by atoms with Gasteiger partial charge in [-0.1, -0.05) is 32.9 Å². The fourth-order valence-corrected chi connectivity index (χ4v) is 1.95. The third kappa shape index (κ3) is 2.90. The zero-order valence-electron chi connectivity index (χ0n) is 12.7. The van der Waals surface area contributed by atoms with E-state index in [4.69, 9.17) is 0 Å². The molecule has 0 aliphatic carbocycles. The second kappa shape index (κ2) is 5.12. The number of aromatic nitrogens is 2. The summed E-state index contributed by atoms with van der Waals surface area (Å²) in [6, 6.07) is 7.60.